The van der Waals surface area contributed by atoms with Crippen LogP contribution < -0.4 is 0 Å². The minimum absolute atomic E-state index is 0.439. The molecule has 0 atom stereocenters. The van der Waals surface area contributed by atoms with E-state index in [2.05, 4.69) is 21.1 Å². The molecular formula is C9H23NO3P+. The van der Waals surface area contributed by atoms with Crippen LogP contribution in [0.2, 0.25) is 0 Å². The normalized spacial score (nSPS) is 13.2. The maximum absolute atomic E-state index is 12.0. The number of hydrogen-bond donors (Lipinski definition) is 0. The summed E-state index contributed by atoms with van der Waals surface area (Å²) in [7, 11) is 3.34. The van der Waals surface area contributed by atoms with E-state index in [9.17, 15) is 4.57 Å². The minimum Gasteiger partial charge on any atom is -0.330 e. The molecule has 0 saturated heterocycles. The number of rotatable bonds is 7. The zero-order valence-electron chi connectivity index (χ0n) is 9.95. The Morgan fingerprint density at radius 3 is 1.79 bits per heavy atom. The van der Waals surface area contributed by atoms with Gasteiger partial charge < -0.3 is 13.5 Å². The van der Waals surface area contributed by atoms with Gasteiger partial charge in [-0.2, -0.15) is 0 Å². The molecule has 0 spiro atoms. The Labute approximate surface area is 87.3 Å². The van der Waals surface area contributed by atoms with Gasteiger partial charge in [-0.1, -0.05) is 0 Å². The molecule has 0 aromatic heterocycles. The molecule has 0 saturated carbocycles. The van der Waals surface area contributed by atoms with Gasteiger partial charge in [0.2, 0.25) is 0 Å². The highest BCUT2D eigenvalue weighted by molar-refractivity contribution is 7.53. The van der Waals surface area contributed by atoms with E-state index in [1.165, 1.54) is 0 Å². The summed E-state index contributed by atoms with van der Waals surface area (Å²) in [5.74, 6) is 0. The second kappa shape index (κ2) is 5.86. The monoisotopic (exact) mass is 224 g/mol. The molecule has 4 nitrogen and oxygen atoms in total. The van der Waals surface area contributed by atoms with Crippen LogP contribution in [0.1, 0.15) is 13.8 Å². The average molecular weight is 224 g/mol. The van der Waals surface area contributed by atoms with Crippen molar-refractivity contribution in [2.75, 3.05) is 47.1 Å². The van der Waals surface area contributed by atoms with Gasteiger partial charge in [0.15, 0.2) is 0 Å². The predicted molar refractivity (Wildman–Crippen MR) is 58.6 cm³/mol. The molecule has 0 aromatic rings. The van der Waals surface area contributed by atoms with Gasteiger partial charge in [0.25, 0.3) is 0 Å². The van der Waals surface area contributed by atoms with Crippen molar-refractivity contribution in [3.63, 3.8) is 0 Å². The molecule has 14 heavy (non-hydrogen) atoms. The molecular weight excluding hydrogens is 201 g/mol. The minimum atomic E-state index is -2.83. The van der Waals surface area contributed by atoms with Crippen LogP contribution in [-0.4, -0.2) is 51.5 Å². The largest absolute Gasteiger partial charge is 0.336 e. The summed E-state index contributed by atoms with van der Waals surface area (Å²) in [5, 5.41) is 0. The molecule has 0 N–H and O–H groups in total. The van der Waals surface area contributed by atoms with E-state index >= 15 is 0 Å². The summed E-state index contributed by atoms with van der Waals surface area (Å²) in [6, 6.07) is 0. The molecule has 0 aliphatic carbocycles. The molecule has 86 valence electrons. The smallest absolute Gasteiger partial charge is 0.330 e. The second-order valence-electron chi connectivity index (χ2n) is 4.18. The molecule has 0 aliphatic heterocycles. The summed E-state index contributed by atoms with van der Waals surface area (Å²) in [6.45, 7) is 5.33. The zero-order valence-corrected chi connectivity index (χ0v) is 10.8. The summed E-state index contributed by atoms with van der Waals surface area (Å²) < 4.78 is 23.2. The van der Waals surface area contributed by atoms with Gasteiger partial charge in [0.1, 0.15) is 0 Å². The number of hydrogen-bond acceptors (Lipinski definition) is 3. The van der Waals surface area contributed by atoms with E-state index in [0.29, 0.717) is 19.4 Å². The first-order valence-corrected chi connectivity index (χ1v) is 6.74. The predicted octanol–water partition coefficient (Wildman–Crippen LogP) is 1.96. The Balaban J connectivity index is 4.16. The lowest BCUT2D eigenvalue weighted by molar-refractivity contribution is -0.867. The quantitative estimate of drug-likeness (QED) is 0.490. The Kier molecular flexibility index (Phi) is 5.91. The van der Waals surface area contributed by atoms with Crippen molar-refractivity contribution in [3.8, 4) is 0 Å². The Morgan fingerprint density at radius 2 is 1.50 bits per heavy atom. The van der Waals surface area contributed by atoms with Crippen molar-refractivity contribution < 1.29 is 18.1 Å². The van der Waals surface area contributed by atoms with Crippen LogP contribution in [0.5, 0.6) is 0 Å². The highest BCUT2D eigenvalue weighted by Crippen LogP contribution is 2.47. The molecule has 0 unspecified atom stereocenters. The van der Waals surface area contributed by atoms with Gasteiger partial charge in [0, 0.05) is 0 Å². The standard InChI is InChI=1S/C9H23NO3P/c1-6-12-14(11,13-7-2)9-8-10(3,4)5/h6-9H2,1-5H3/q+1. The first-order chi connectivity index (χ1) is 6.33. The number of nitrogens with zero attached hydrogens (tertiary/aromatic N) is 1. The molecule has 0 rings (SSSR count). The third kappa shape index (κ3) is 6.55. The first-order valence-electron chi connectivity index (χ1n) is 5.01. The third-order valence-electron chi connectivity index (χ3n) is 1.70. The topological polar surface area (TPSA) is 35.5 Å². The summed E-state index contributed by atoms with van der Waals surface area (Å²) in [4.78, 5) is 0. The van der Waals surface area contributed by atoms with Gasteiger partial charge in [-0.25, -0.2) is 0 Å². The molecule has 0 aliphatic rings. The van der Waals surface area contributed by atoms with Crippen molar-refractivity contribution in [2.45, 2.75) is 13.8 Å². The van der Waals surface area contributed by atoms with Crippen LogP contribution in [0.3, 0.4) is 0 Å². The van der Waals surface area contributed by atoms with Crippen LogP contribution in [0.15, 0.2) is 0 Å². The molecule has 0 aromatic carbocycles. The van der Waals surface area contributed by atoms with Gasteiger partial charge in [-0.3, -0.25) is 4.57 Å². The van der Waals surface area contributed by atoms with E-state index < -0.39 is 7.60 Å². The van der Waals surface area contributed by atoms with E-state index in [0.717, 1.165) is 11.0 Å². The molecule has 0 fully saturated rings. The van der Waals surface area contributed by atoms with Crippen molar-refractivity contribution >= 4 is 7.60 Å². The van der Waals surface area contributed by atoms with E-state index in [4.69, 9.17) is 9.05 Å². The maximum Gasteiger partial charge on any atom is 0.336 e. The lowest BCUT2D eigenvalue weighted by Crippen LogP contribution is -2.37. The fraction of sp³-hybridized carbons (Fsp3) is 1.00. The summed E-state index contributed by atoms with van der Waals surface area (Å²) in [6.07, 6.45) is 0.484. The van der Waals surface area contributed by atoms with Crippen LogP contribution in [0, 0.1) is 0 Å². The van der Waals surface area contributed by atoms with Crippen molar-refractivity contribution in [2.24, 2.45) is 0 Å². The SMILES string of the molecule is CCOP(=O)(CC[N+](C)(C)C)OCC. The summed E-state index contributed by atoms with van der Waals surface area (Å²) >= 11 is 0. The van der Waals surface area contributed by atoms with Crippen molar-refractivity contribution in [1.82, 2.24) is 0 Å². The van der Waals surface area contributed by atoms with Crippen molar-refractivity contribution in [3.05, 3.63) is 0 Å². The first kappa shape index (κ1) is 14.1. The van der Waals surface area contributed by atoms with E-state index in [-0.39, 0.29) is 0 Å². The van der Waals surface area contributed by atoms with E-state index in [1.54, 1.807) is 0 Å². The van der Waals surface area contributed by atoms with Crippen LogP contribution in [0.25, 0.3) is 0 Å². The molecule has 0 bridgehead atoms. The Morgan fingerprint density at radius 1 is 1.07 bits per heavy atom. The molecule has 0 heterocycles. The maximum atomic E-state index is 12.0. The molecule has 0 radical (unpaired) electrons. The second-order valence-corrected chi connectivity index (χ2v) is 6.37. The molecule has 0 amide bonds. The van der Waals surface area contributed by atoms with Gasteiger partial charge >= 0.3 is 7.60 Å². The number of quaternary nitrogens is 1. The van der Waals surface area contributed by atoms with Gasteiger partial charge in [-0.05, 0) is 13.8 Å². The van der Waals surface area contributed by atoms with Crippen molar-refractivity contribution in [1.29, 1.82) is 0 Å². The fourth-order valence-electron chi connectivity index (χ4n) is 0.982. The highest BCUT2D eigenvalue weighted by Gasteiger charge is 2.26. The Bertz CT molecular complexity index is 191. The van der Waals surface area contributed by atoms with E-state index in [1.807, 2.05) is 13.8 Å². The zero-order chi connectivity index (χ0) is 11.2. The lowest BCUT2D eigenvalue weighted by Gasteiger charge is -2.26. The lowest BCUT2D eigenvalue weighted by atomic mass is 10.6. The fourth-order valence-corrected chi connectivity index (χ4v) is 2.95. The average Bonchev–Trinajstić information content (AvgIpc) is 2.01. The molecule has 5 heteroatoms. The van der Waals surface area contributed by atoms with Crippen LogP contribution in [0.4, 0.5) is 0 Å². The van der Waals surface area contributed by atoms with Crippen LogP contribution >= 0.6 is 7.60 Å². The van der Waals surface area contributed by atoms with Gasteiger partial charge in [-0.15, -0.1) is 0 Å². The Hall–Kier alpha value is 0.110. The summed E-state index contributed by atoms with van der Waals surface area (Å²) in [5.41, 5.74) is 0. The third-order valence-corrected chi connectivity index (χ3v) is 3.75. The van der Waals surface area contributed by atoms with Gasteiger partial charge in [0.05, 0.1) is 47.1 Å². The van der Waals surface area contributed by atoms with Crippen LogP contribution in [-0.2, 0) is 13.6 Å². The highest BCUT2D eigenvalue weighted by atomic mass is 31.2.